The quantitative estimate of drug-likeness (QED) is 0.873. The standard InChI is InChI=1S/C14H15NO5S/c16-13(15-5-6-19-7-9(15)14(17)18)11-8-21-12-4-2-1-3-10(12)20-11/h1-4,9,11H,5-8H2,(H,17,18)/t9-,11+/m0/s1. The first-order valence-corrected chi connectivity index (χ1v) is 7.65. The average Bonchev–Trinajstić information content (AvgIpc) is 2.53. The number of para-hydroxylation sites is 1. The fourth-order valence-corrected chi connectivity index (χ4v) is 3.37. The van der Waals surface area contributed by atoms with Gasteiger partial charge in [-0.2, -0.15) is 0 Å². The van der Waals surface area contributed by atoms with E-state index in [0.29, 0.717) is 18.1 Å². The first kappa shape index (κ1) is 14.2. The van der Waals surface area contributed by atoms with Gasteiger partial charge in [-0.3, -0.25) is 4.79 Å². The topological polar surface area (TPSA) is 76.1 Å². The van der Waals surface area contributed by atoms with E-state index < -0.39 is 18.1 Å². The fraction of sp³-hybridized carbons (Fsp3) is 0.429. The van der Waals surface area contributed by atoms with Gasteiger partial charge in [-0.05, 0) is 12.1 Å². The second kappa shape index (κ2) is 5.95. The molecular weight excluding hydrogens is 294 g/mol. The van der Waals surface area contributed by atoms with Crippen LogP contribution in [0.25, 0.3) is 0 Å². The Morgan fingerprint density at radius 1 is 1.33 bits per heavy atom. The Morgan fingerprint density at radius 2 is 2.14 bits per heavy atom. The molecule has 0 bridgehead atoms. The third kappa shape index (κ3) is 2.84. The largest absolute Gasteiger partial charge is 0.480 e. The number of fused-ring (bicyclic) bond motifs is 1. The molecule has 1 amide bonds. The molecule has 0 aliphatic carbocycles. The van der Waals surface area contributed by atoms with Gasteiger partial charge in [0.2, 0.25) is 0 Å². The Morgan fingerprint density at radius 3 is 2.95 bits per heavy atom. The number of nitrogens with zero attached hydrogens (tertiary/aromatic N) is 1. The number of hydrogen-bond acceptors (Lipinski definition) is 5. The molecule has 3 rings (SSSR count). The van der Waals surface area contributed by atoms with Crippen LogP contribution in [0.2, 0.25) is 0 Å². The lowest BCUT2D eigenvalue weighted by Crippen LogP contribution is -2.56. The molecule has 0 aromatic heterocycles. The molecule has 21 heavy (non-hydrogen) atoms. The van der Waals surface area contributed by atoms with Crippen LogP contribution in [-0.4, -0.2) is 59.5 Å². The highest BCUT2D eigenvalue weighted by atomic mass is 32.2. The minimum atomic E-state index is -1.05. The van der Waals surface area contributed by atoms with Crippen molar-refractivity contribution in [2.75, 3.05) is 25.5 Å². The van der Waals surface area contributed by atoms with Gasteiger partial charge in [-0.15, -0.1) is 11.8 Å². The van der Waals surface area contributed by atoms with Gasteiger partial charge in [0.15, 0.2) is 12.1 Å². The molecule has 6 nitrogen and oxygen atoms in total. The monoisotopic (exact) mass is 309 g/mol. The highest BCUT2D eigenvalue weighted by Crippen LogP contribution is 2.35. The van der Waals surface area contributed by atoms with Crippen LogP contribution in [0.1, 0.15) is 0 Å². The van der Waals surface area contributed by atoms with E-state index in [2.05, 4.69) is 0 Å². The highest BCUT2D eigenvalue weighted by molar-refractivity contribution is 7.99. The first-order valence-electron chi connectivity index (χ1n) is 6.66. The van der Waals surface area contributed by atoms with Gasteiger partial charge < -0.3 is 19.5 Å². The van der Waals surface area contributed by atoms with Crippen molar-refractivity contribution in [3.05, 3.63) is 24.3 Å². The van der Waals surface area contributed by atoms with Crippen molar-refractivity contribution in [3.8, 4) is 5.75 Å². The van der Waals surface area contributed by atoms with Crippen molar-refractivity contribution < 1.29 is 24.2 Å². The Bertz CT molecular complexity index is 564. The fourth-order valence-electron chi connectivity index (χ4n) is 2.40. The molecule has 1 aromatic rings. The minimum Gasteiger partial charge on any atom is -0.480 e. The molecule has 2 atom stereocenters. The van der Waals surface area contributed by atoms with E-state index in [1.165, 1.54) is 4.90 Å². The zero-order valence-corrected chi connectivity index (χ0v) is 12.0. The van der Waals surface area contributed by atoms with E-state index >= 15 is 0 Å². The third-order valence-corrected chi connectivity index (χ3v) is 4.60. The average molecular weight is 309 g/mol. The number of thioether (sulfide) groups is 1. The first-order chi connectivity index (χ1) is 10.2. The summed E-state index contributed by atoms with van der Waals surface area (Å²) in [6, 6.07) is 6.59. The van der Waals surface area contributed by atoms with Gasteiger partial charge in [0.05, 0.1) is 13.2 Å². The number of benzene rings is 1. The maximum Gasteiger partial charge on any atom is 0.328 e. The lowest BCUT2D eigenvalue weighted by molar-refractivity contribution is -0.161. The maximum absolute atomic E-state index is 12.5. The summed E-state index contributed by atoms with van der Waals surface area (Å²) < 4.78 is 10.9. The smallest absolute Gasteiger partial charge is 0.328 e. The van der Waals surface area contributed by atoms with Crippen molar-refractivity contribution >= 4 is 23.6 Å². The summed E-state index contributed by atoms with van der Waals surface area (Å²) in [5, 5.41) is 9.19. The zero-order valence-electron chi connectivity index (χ0n) is 11.2. The predicted octanol–water partition coefficient (Wildman–Crippen LogP) is 0.852. The Kier molecular flexibility index (Phi) is 4.03. The summed E-state index contributed by atoms with van der Waals surface area (Å²) in [4.78, 5) is 26.1. The highest BCUT2D eigenvalue weighted by Gasteiger charge is 2.38. The summed E-state index contributed by atoms with van der Waals surface area (Å²) in [6.45, 7) is 0.658. The summed E-state index contributed by atoms with van der Waals surface area (Å²) in [7, 11) is 0. The van der Waals surface area contributed by atoms with Crippen LogP contribution < -0.4 is 4.74 Å². The lowest BCUT2D eigenvalue weighted by atomic mass is 10.2. The van der Waals surface area contributed by atoms with Gasteiger partial charge in [0, 0.05) is 17.2 Å². The van der Waals surface area contributed by atoms with Gasteiger partial charge in [0.1, 0.15) is 5.75 Å². The molecular formula is C14H15NO5S. The Balaban J connectivity index is 1.75. The predicted molar refractivity (Wildman–Crippen MR) is 75.5 cm³/mol. The normalized spacial score (nSPS) is 24.9. The third-order valence-electron chi connectivity index (χ3n) is 3.48. The summed E-state index contributed by atoms with van der Waals surface area (Å²) >= 11 is 1.55. The summed E-state index contributed by atoms with van der Waals surface area (Å²) in [5.41, 5.74) is 0. The number of rotatable bonds is 2. The van der Waals surface area contributed by atoms with Gasteiger partial charge in [-0.25, -0.2) is 4.79 Å². The number of carbonyl (C=O) groups excluding carboxylic acids is 1. The second-order valence-electron chi connectivity index (χ2n) is 4.82. The van der Waals surface area contributed by atoms with E-state index in [1.54, 1.807) is 11.8 Å². The molecule has 7 heteroatoms. The lowest BCUT2D eigenvalue weighted by Gasteiger charge is -2.36. The SMILES string of the molecule is O=C(O)[C@@H]1COCCN1C(=O)[C@H]1CSc2ccccc2O1. The van der Waals surface area contributed by atoms with Crippen LogP contribution in [0.5, 0.6) is 5.75 Å². The molecule has 2 aliphatic rings. The number of ether oxygens (including phenoxy) is 2. The number of carboxylic acids is 1. The van der Waals surface area contributed by atoms with Gasteiger partial charge in [0.25, 0.3) is 5.91 Å². The maximum atomic E-state index is 12.5. The molecule has 2 heterocycles. The summed E-state index contributed by atoms with van der Waals surface area (Å²) in [5.74, 6) is -0.175. The number of morpholine rings is 1. The van der Waals surface area contributed by atoms with Crippen LogP contribution in [0.4, 0.5) is 0 Å². The zero-order chi connectivity index (χ0) is 14.8. The molecule has 1 N–H and O–H groups in total. The van der Waals surface area contributed by atoms with Gasteiger partial charge in [-0.1, -0.05) is 12.1 Å². The molecule has 1 aromatic carbocycles. The number of carboxylic acid groups (broad SMARTS) is 1. The Hall–Kier alpha value is -1.73. The second-order valence-corrected chi connectivity index (χ2v) is 5.89. The molecule has 0 spiro atoms. The number of aliphatic carboxylic acids is 1. The molecule has 2 aliphatic heterocycles. The number of amides is 1. The van der Waals surface area contributed by atoms with Crippen molar-refractivity contribution in [2.45, 2.75) is 17.0 Å². The van der Waals surface area contributed by atoms with E-state index in [-0.39, 0.29) is 19.1 Å². The van der Waals surface area contributed by atoms with Gasteiger partial charge >= 0.3 is 5.97 Å². The molecule has 0 saturated carbocycles. The minimum absolute atomic E-state index is 0.0253. The molecule has 0 unspecified atom stereocenters. The van der Waals surface area contributed by atoms with Crippen molar-refractivity contribution in [1.82, 2.24) is 4.90 Å². The number of carbonyl (C=O) groups is 2. The Labute approximate surface area is 126 Å². The van der Waals surface area contributed by atoms with Crippen LogP contribution in [0, 0.1) is 0 Å². The van der Waals surface area contributed by atoms with Crippen LogP contribution >= 0.6 is 11.8 Å². The van der Waals surface area contributed by atoms with E-state index in [4.69, 9.17) is 9.47 Å². The van der Waals surface area contributed by atoms with E-state index in [9.17, 15) is 14.7 Å². The van der Waals surface area contributed by atoms with Crippen molar-refractivity contribution in [1.29, 1.82) is 0 Å². The van der Waals surface area contributed by atoms with Crippen LogP contribution in [-0.2, 0) is 14.3 Å². The van der Waals surface area contributed by atoms with E-state index in [1.807, 2.05) is 24.3 Å². The number of hydrogen-bond donors (Lipinski definition) is 1. The summed E-state index contributed by atoms with van der Waals surface area (Å²) in [6.07, 6.45) is -0.648. The molecule has 1 fully saturated rings. The van der Waals surface area contributed by atoms with E-state index in [0.717, 1.165) is 4.90 Å². The van der Waals surface area contributed by atoms with Crippen molar-refractivity contribution in [2.24, 2.45) is 0 Å². The molecule has 1 saturated heterocycles. The molecule has 0 radical (unpaired) electrons. The van der Waals surface area contributed by atoms with Crippen LogP contribution in [0.3, 0.4) is 0 Å². The van der Waals surface area contributed by atoms with Crippen LogP contribution in [0.15, 0.2) is 29.2 Å². The molecule has 112 valence electrons. The van der Waals surface area contributed by atoms with Crippen molar-refractivity contribution in [3.63, 3.8) is 0 Å².